The van der Waals surface area contributed by atoms with Crippen LogP contribution >= 0.6 is 0 Å². The number of pyridine rings is 1. The fraction of sp³-hybridized carbons (Fsp3) is 0.333. The molecule has 0 aromatic carbocycles. The summed E-state index contributed by atoms with van der Waals surface area (Å²) in [5.41, 5.74) is 1.15. The van der Waals surface area contributed by atoms with Crippen LogP contribution in [0.2, 0.25) is 0 Å². The van der Waals surface area contributed by atoms with Crippen molar-refractivity contribution in [2.24, 2.45) is 0 Å². The molecule has 0 aliphatic heterocycles. The van der Waals surface area contributed by atoms with E-state index in [2.05, 4.69) is 4.98 Å². The third-order valence-electron chi connectivity index (χ3n) is 1.64. The average molecular weight is 194 g/mol. The summed E-state index contributed by atoms with van der Waals surface area (Å²) < 4.78 is 11.2. The molecule has 0 saturated heterocycles. The highest BCUT2D eigenvalue weighted by Gasteiger charge is 2.04. The van der Waals surface area contributed by atoms with Gasteiger partial charge in [0.05, 0.1) is 5.75 Å². The molecule has 0 radical (unpaired) electrons. The summed E-state index contributed by atoms with van der Waals surface area (Å²) >= 11 is 0. The Hall–Kier alpha value is -1.21. The van der Waals surface area contributed by atoms with Gasteiger partial charge in [-0.15, -0.1) is 0 Å². The second-order valence-electron chi connectivity index (χ2n) is 2.50. The summed E-state index contributed by atoms with van der Waals surface area (Å²) in [4.78, 5) is 3.89. The van der Waals surface area contributed by atoms with Crippen molar-refractivity contribution in [3.8, 4) is 6.07 Å². The average Bonchev–Trinajstić information content (AvgIpc) is 2.18. The third kappa shape index (κ3) is 2.63. The van der Waals surface area contributed by atoms with Crippen LogP contribution in [0, 0.1) is 11.3 Å². The standard InChI is InChI=1S/C9H10N2OS/c1-2-13(12)7-8-4-3-5-11-9(8)6-10/h3-5H,2,7H2,1H3. The summed E-state index contributed by atoms with van der Waals surface area (Å²) in [5, 5.41) is 8.69. The molecule has 0 spiro atoms. The van der Waals surface area contributed by atoms with Gasteiger partial charge in [0.15, 0.2) is 0 Å². The van der Waals surface area contributed by atoms with Gasteiger partial charge in [0.1, 0.15) is 11.8 Å². The van der Waals surface area contributed by atoms with Gasteiger partial charge in [-0.05, 0) is 6.07 Å². The van der Waals surface area contributed by atoms with E-state index in [0.717, 1.165) is 5.56 Å². The Balaban J connectivity index is 2.89. The fourth-order valence-corrected chi connectivity index (χ4v) is 1.72. The first-order chi connectivity index (χ1) is 6.27. The Morgan fingerprint density at radius 1 is 1.69 bits per heavy atom. The van der Waals surface area contributed by atoms with E-state index in [-0.39, 0.29) is 0 Å². The fourth-order valence-electron chi connectivity index (χ4n) is 0.931. The molecule has 0 N–H and O–H groups in total. The first-order valence-electron chi connectivity index (χ1n) is 3.97. The minimum atomic E-state index is -0.881. The van der Waals surface area contributed by atoms with Crippen molar-refractivity contribution in [1.29, 1.82) is 5.26 Å². The first-order valence-corrected chi connectivity index (χ1v) is 5.45. The third-order valence-corrected chi connectivity index (χ3v) is 2.91. The molecule has 1 aromatic heterocycles. The Labute approximate surface area is 79.9 Å². The lowest BCUT2D eigenvalue weighted by Crippen LogP contribution is -2.00. The predicted molar refractivity (Wildman–Crippen MR) is 51.3 cm³/mol. The van der Waals surface area contributed by atoms with Gasteiger partial charge in [0.2, 0.25) is 0 Å². The molecule has 4 heteroatoms. The monoisotopic (exact) mass is 194 g/mol. The van der Waals surface area contributed by atoms with E-state index >= 15 is 0 Å². The summed E-state index contributed by atoms with van der Waals surface area (Å²) in [5.74, 6) is 1.03. The van der Waals surface area contributed by atoms with Crippen LogP contribution in [0.4, 0.5) is 0 Å². The number of hydrogen-bond donors (Lipinski definition) is 0. The Bertz CT molecular complexity index is 357. The van der Waals surface area contributed by atoms with Gasteiger partial charge in [-0.1, -0.05) is 13.0 Å². The Morgan fingerprint density at radius 3 is 3.08 bits per heavy atom. The summed E-state index contributed by atoms with van der Waals surface area (Å²) in [6.07, 6.45) is 1.57. The van der Waals surface area contributed by atoms with Gasteiger partial charge in [-0.25, -0.2) is 4.98 Å². The molecule has 13 heavy (non-hydrogen) atoms. The molecule has 1 aromatic rings. The van der Waals surface area contributed by atoms with Crippen LogP contribution in [0.3, 0.4) is 0 Å². The molecule has 0 bridgehead atoms. The maximum atomic E-state index is 11.2. The molecule has 0 amide bonds. The van der Waals surface area contributed by atoms with Gasteiger partial charge in [0, 0.05) is 28.3 Å². The zero-order valence-corrected chi connectivity index (χ0v) is 8.17. The zero-order chi connectivity index (χ0) is 9.68. The first kappa shape index (κ1) is 9.87. The molecule has 1 unspecified atom stereocenters. The van der Waals surface area contributed by atoms with Gasteiger partial charge in [-0.3, -0.25) is 4.21 Å². The summed E-state index contributed by atoms with van der Waals surface area (Å²) in [6.45, 7) is 1.86. The number of aromatic nitrogens is 1. The normalized spacial score (nSPS) is 12.0. The van der Waals surface area contributed by atoms with E-state index in [1.807, 2.05) is 13.0 Å². The highest BCUT2D eigenvalue weighted by molar-refractivity contribution is 7.84. The van der Waals surface area contributed by atoms with E-state index in [9.17, 15) is 4.21 Å². The van der Waals surface area contributed by atoms with Crippen molar-refractivity contribution in [1.82, 2.24) is 4.98 Å². The lowest BCUT2D eigenvalue weighted by atomic mass is 10.2. The predicted octanol–water partition coefficient (Wildman–Crippen LogP) is 1.22. The minimum absolute atomic E-state index is 0.379. The van der Waals surface area contributed by atoms with Crippen molar-refractivity contribution in [3.63, 3.8) is 0 Å². The quantitative estimate of drug-likeness (QED) is 0.727. The largest absolute Gasteiger partial charge is 0.259 e. The molecule has 3 nitrogen and oxygen atoms in total. The van der Waals surface area contributed by atoms with Gasteiger partial charge < -0.3 is 0 Å². The van der Waals surface area contributed by atoms with E-state index in [1.165, 1.54) is 0 Å². The lowest BCUT2D eigenvalue weighted by Gasteiger charge is -2.00. The van der Waals surface area contributed by atoms with Crippen LogP contribution in [-0.2, 0) is 16.6 Å². The molecule has 1 rings (SSSR count). The van der Waals surface area contributed by atoms with Crippen LogP contribution < -0.4 is 0 Å². The van der Waals surface area contributed by atoms with Crippen LogP contribution in [0.1, 0.15) is 18.2 Å². The second-order valence-corrected chi connectivity index (χ2v) is 4.24. The summed E-state index contributed by atoms with van der Waals surface area (Å²) in [7, 11) is -0.881. The number of rotatable bonds is 3. The Kier molecular flexibility index (Phi) is 3.59. The van der Waals surface area contributed by atoms with Gasteiger partial charge in [-0.2, -0.15) is 5.26 Å². The molecule has 0 saturated carbocycles. The smallest absolute Gasteiger partial charge is 0.144 e. The topological polar surface area (TPSA) is 53.8 Å². The van der Waals surface area contributed by atoms with Crippen LogP contribution in [0.25, 0.3) is 0 Å². The number of nitrogens with zero attached hydrogens (tertiary/aromatic N) is 2. The van der Waals surface area contributed by atoms with E-state index < -0.39 is 10.8 Å². The van der Waals surface area contributed by atoms with E-state index in [1.54, 1.807) is 18.3 Å². The molecule has 0 aliphatic rings. The van der Waals surface area contributed by atoms with Crippen LogP contribution in [0.5, 0.6) is 0 Å². The molecule has 68 valence electrons. The van der Waals surface area contributed by atoms with Crippen LogP contribution in [0.15, 0.2) is 18.3 Å². The van der Waals surface area contributed by atoms with Crippen molar-refractivity contribution in [2.45, 2.75) is 12.7 Å². The van der Waals surface area contributed by atoms with Crippen molar-refractivity contribution >= 4 is 10.8 Å². The van der Waals surface area contributed by atoms with Crippen molar-refractivity contribution in [3.05, 3.63) is 29.6 Å². The molecule has 0 fully saturated rings. The van der Waals surface area contributed by atoms with Gasteiger partial charge >= 0.3 is 0 Å². The summed E-state index contributed by atoms with van der Waals surface area (Å²) in [6, 6.07) is 5.52. The molecule has 0 aliphatic carbocycles. The van der Waals surface area contributed by atoms with E-state index in [0.29, 0.717) is 17.2 Å². The molecule has 1 atom stereocenters. The number of hydrogen-bond acceptors (Lipinski definition) is 3. The highest BCUT2D eigenvalue weighted by Crippen LogP contribution is 2.06. The highest BCUT2D eigenvalue weighted by atomic mass is 32.2. The maximum absolute atomic E-state index is 11.2. The lowest BCUT2D eigenvalue weighted by molar-refractivity contribution is 0.683. The second kappa shape index (κ2) is 4.73. The minimum Gasteiger partial charge on any atom is -0.259 e. The zero-order valence-electron chi connectivity index (χ0n) is 7.36. The van der Waals surface area contributed by atoms with Crippen molar-refractivity contribution in [2.75, 3.05) is 5.75 Å². The molecular formula is C9H10N2OS. The molecular weight excluding hydrogens is 184 g/mol. The van der Waals surface area contributed by atoms with Crippen LogP contribution in [-0.4, -0.2) is 14.9 Å². The number of nitriles is 1. The van der Waals surface area contributed by atoms with E-state index in [4.69, 9.17) is 5.26 Å². The molecule has 1 heterocycles. The van der Waals surface area contributed by atoms with Crippen molar-refractivity contribution < 1.29 is 4.21 Å². The van der Waals surface area contributed by atoms with Gasteiger partial charge in [0.25, 0.3) is 0 Å². The SMILES string of the molecule is CCS(=O)Cc1cccnc1C#N. The maximum Gasteiger partial charge on any atom is 0.144 e. The Morgan fingerprint density at radius 2 is 2.46 bits per heavy atom.